The van der Waals surface area contributed by atoms with Gasteiger partial charge in [-0.15, -0.1) is 0 Å². The second-order valence-corrected chi connectivity index (χ2v) is 4.50. The predicted octanol–water partition coefficient (Wildman–Crippen LogP) is 4.14. The Morgan fingerprint density at radius 1 is 0.824 bits per heavy atom. The fraction of sp³-hybridized carbons (Fsp3) is 0. The normalized spacial score (nSPS) is 11.2. The molecule has 2 aromatic heterocycles. The molecule has 0 N–H and O–H groups in total. The first-order chi connectivity index (χ1) is 8.16. The molecule has 0 unspecified atom stereocenters. The second kappa shape index (κ2) is 3.95. The molecular formula is C11H4Cl3N3. The van der Waals surface area contributed by atoms with Crippen LogP contribution in [-0.4, -0.2) is 15.0 Å². The van der Waals surface area contributed by atoms with Crippen molar-refractivity contribution in [3.05, 3.63) is 39.7 Å². The van der Waals surface area contributed by atoms with Gasteiger partial charge in [-0.1, -0.05) is 41.4 Å². The Labute approximate surface area is 111 Å². The number of pyridine rings is 1. The van der Waals surface area contributed by atoms with E-state index in [0.29, 0.717) is 16.1 Å². The van der Waals surface area contributed by atoms with E-state index in [1.165, 1.54) is 0 Å². The molecule has 0 radical (unpaired) electrons. The molecule has 0 aliphatic carbocycles. The van der Waals surface area contributed by atoms with Gasteiger partial charge in [-0.2, -0.15) is 0 Å². The van der Waals surface area contributed by atoms with Crippen LogP contribution in [0.3, 0.4) is 0 Å². The Morgan fingerprint density at radius 2 is 1.59 bits per heavy atom. The fourth-order valence-corrected chi connectivity index (χ4v) is 2.37. The summed E-state index contributed by atoms with van der Waals surface area (Å²) in [6.45, 7) is 0. The van der Waals surface area contributed by atoms with E-state index in [0.717, 1.165) is 10.9 Å². The molecule has 0 saturated carbocycles. The third kappa shape index (κ3) is 1.71. The van der Waals surface area contributed by atoms with Gasteiger partial charge >= 0.3 is 0 Å². The minimum absolute atomic E-state index is 0.0569. The molecule has 0 fully saturated rings. The van der Waals surface area contributed by atoms with E-state index in [2.05, 4.69) is 15.0 Å². The van der Waals surface area contributed by atoms with Crippen LogP contribution in [-0.2, 0) is 0 Å². The van der Waals surface area contributed by atoms with Crippen molar-refractivity contribution in [3.8, 4) is 0 Å². The van der Waals surface area contributed by atoms with Crippen molar-refractivity contribution in [2.45, 2.75) is 0 Å². The lowest BCUT2D eigenvalue weighted by Gasteiger charge is -2.05. The highest BCUT2D eigenvalue weighted by atomic mass is 35.5. The average Bonchev–Trinajstić information content (AvgIpc) is 2.31. The highest BCUT2D eigenvalue weighted by Gasteiger charge is 2.12. The van der Waals surface area contributed by atoms with E-state index < -0.39 is 0 Å². The number of para-hydroxylation sites is 1. The number of rotatable bonds is 0. The van der Waals surface area contributed by atoms with Gasteiger partial charge in [0.05, 0.1) is 10.5 Å². The van der Waals surface area contributed by atoms with Crippen molar-refractivity contribution in [2.75, 3.05) is 0 Å². The molecule has 0 spiro atoms. The van der Waals surface area contributed by atoms with E-state index in [1.54, 1.807) is 0 Å². The molecule has 0 aliphatic heterocycles. The smallest absolute Gasteiger partial charge is 0.224 e. The lowest BCUT2D eigenvalue weighted by Crippen LogP contribution is -1.92. The Kier molecular flexibility index (Phi) is 2.54. The first-order valence-electron chi connectivity index (χ1n) is 4.74. The summed E-state index contributed by atoms with van der Waals surface area (Å²) in [4.78, 5) is 12.3. The quantitative estimate of drug-likeness (QED) is 0.354. The maximum atomic E-state index is 6.27. The van der Waals surface area contributed by atoms with Gasteiger partial charge in [0, 0.05) is 5.39 Å². The van der Waals surface area contributed by atoms with Crippen LogP contribution >= 0.6 is 34.8 Å². The van der Waals surface area contributed by atoms with Crippen molar-refractivity contribution in [1.82, 2.24) is 15.0 Å². The summed E-state index contributed by atoms with van der Waals surface area (Å²) in [5.74, 6) is 0. The molecule has 0 aliphatic rings. The van der Waals surface area contributed by atoms with Gasteiger partial charge in [0.15, 0.2) is 5.15 Å². The van der Waals surface area contributed by atoms with Gasteiger partial charge < -0.3 is 0 Å². The molecule has 0 amide bonds. The van der Waals surface area contributed by atoms with Crippen LogP contribution in [0, 0.1) is 0 Å². The number of hydrogen-bond donors (Lipinski definition) is 0. The number of fused-ring (bicyclic) bond motifs is 2. The first kappa shape index (κ1) is 11.0. The molecule has 6 heteroatoms. The fourth-order valence-electron chi connectivity index (χ4n) is 1.66. The molecule has 3 nitrogen and oxygen atoms in total. The summed E-state index contributed by atoms with van der Waals surface area (Å²) in [5, 5.41) is 1.55. The molecule has 17 heavy (non-hydrogen) atoms. The van der Waals surface area contributed by atoms with Crippen LogP contribution in [0.1, 0.15) is 0 Å². The zero-order valence-electron chi connectivity index (χ0n) is 8.28. The van der Waals surface area contributed by atoms with E-state index in [-0.39, 0.29) is 10.4 Å². The third-order valence-electron chi connectivity index (χ3n) is 2.39. The molecule has 2 heterocycles. The van der Waals surface area contributed by atoms with Crippen LogP contribution in [0.2, 0.25) is 15.5 Å². The van der Waals surface area contributed by atoms with Crippen molar-refractivity contribution in [1.29, 1.82) is 0 Å². The van der Waals surface area contributed by atoms with Crippen molar-refractivity contribution < 1.29 is 0 Å². The number of benzene rings is 1. The monoisotopic (exact) mass is 283 g/mol. The summed E-state index contributed by atoms with van der Waals surface area (Å²) in [6, 6.07) is 7.48. The molecule has 1 aromatic carbocycles. The van der Waals surface area contributed by atoms with Gasteiger partial charge in [0.25, 0.3) is 0 Å². The van der Waals surface area contributed by atoms with Crippen LogP contribution in [0.15, 0.2) is 24.3 Å². The van der Waals surface area contributed by atoms with Gasteiger partial charge in [0.2, 0.25) is 5.28 Å². The Balaban J connectivity index is 2.59. The van der Waals surface area contributed by atoms with E-state index in [1.807, 2.05) is 24.3 Å². The third-order valence-corrected chi connectivity index (χ3v) is 3.21. The van der Waals surface area contributed by atoms with Crippen molar-refractivity contribution >= 4 is 56.7 Å². The number of halogens is 3. The lowest BCUT2D eigenvalue weighted by molar-refractivity contribution is 1.21. The lowest BCUT2D eigenvalue weighted by atomic mass is 10.2. The topological polar surface area (TPSA) is 38.7 Å². The Hall–Kier alpha value is -1.16. The Bertz CT molecular complexity index is 743. The predicted molar refractivity (Wildman–Crippen MR) is 69.9 cm³/mol. The summed E-state index contributed by atoms with van der Waals surface area (Å²) in [7, 11) is 0. The van der Waals surface area contributed by atoms with E-state index in [9.17, 15) is 0 Å². The molecule has 0 saturated heterocycles. The van der Waals surface area contributed by atoms with E-state index in [4.69, 9.17) is 34.8 Å². The second-order valence-electron chi connectivity index (χ2n) is 3.42. The van der Waals surface area contributed by atoms with Crippen LogP contribution in [0.5, 0.6) is 0 Å². The average molecular weight is 285 g/mol. The number of aromatic nitrogens is 3. The van der Waals surface area contributed by atoms with Gasteiger partial charge in [-0.25, -0.2) is 15.0 Å². The number of nitrogens with zero attached hydrogens (tertiary/aromatic N) is 3. The molecular weight excluding hydrogens is 281 g/mol. The molecule has 84 valence electrons. The zero-order valence-corrected chi connectivity index (χ0v) is 10.6. The molecule has 3 rings (SSSR count). The minimum atomic E-state index is 0.0569. The van der Waals surface area contributed by atoms with E-state index >= 15 is 0 Å². The van der Waals surface area contributed by atoms with Gasteiger partial charge in [-0.05, 0) is 17.7 Å². The molecule has 3 aromatic rings. The molecule has 0 bridgehead atoms. The standard InChI is InChI=1S/C11H4Cl3N3/c12-7-5-3-1-2-4-6(5)15-9-8(7)16-11(14)17-10(9)13/h1-4H. The van der Waals surface area contributed by atoms with Crippen LogP contribution in [0.25, 0.3) is 21.9 Å². The van der Waals surface area contributed by atoms with Crippen LogP contribution in [0.4, 0.5) is 0 Å². The highest BCUT2D eigenvalue weighted by Crippen LogP contribution is 2.31. The maximum Gasteiger partial charge on any atom is 0.224 e. The van der Waals surface area contributed by atoms with Crippen molar-refractivity contribution in [2.24, 2.45) is 0 Å². The van der Waals surface area contributed by atoms with Gasteiger partial charge in [0.1, 0.15) is 11.0 Å². The highest BCUT2D eigenvalue weighted by molar-refractivity contribution is 6.42. The van der Waals surface area contributed by atoms with Gasteiger partial charge in [-0.3, -0.25) is 0 Å². The largest absolute Gasteiger partial charge is 0.243 e. The van der Waals surface area contributed by atoms with Crippen LogP contribution < -0.4 is 0 Å². The minimum Gasteiger partial charge on any atom is -0.243 e. The molecule has 0 atom stereocenters. The SMILES string of the molecule is Clc1nc(Cl)c2nc3ccccc3c(Cl)c2n1. The zero-order chi connectivity index (χ0) is 12.0. The first-order valence-corrected chi connectivity index (χ1v) is 5.87. The summed E-state index contributed by atoms with van der Waals surface area (Å²) >= 11 is 18.0. The van der Waals surface area contributed by atoms with Crippen molar-refractivity contribution in [3.63, 3.8) is 0 Å². The summed E-state index contributed by atoms with van der Waals surface area (Å²) in [5.41, 5.74) is 1.67. The summed E-state index contributed by atoms with van der Waals surface area (Å²) < 4.78 is 0. The number of hydrogen-bond acceptors (Lipinski definition) is 3. The maximum absolute atomic E-state index is 6.27. The summed E-state index contributed by atoms with van der Waals surface area (Å²) in [6.07, 6.45) is 0. The Morgan fingerprint density at radius 3 is 2.41 bits per heavy atom.